The van der Waals surface area contributed by atoms with Gasteiger partial charge >= 0.3 is 5.97 Å². The quantitative estimate of drug-likeness (QED) is 0.858. The van der Waals surface area contributed by atoms with Gasteiger partial charge < -0.3 is 14.5 Å². The summed E-state index contributed by atoms with van der Waals surface area (Å²) in [5, 5.41) is 2.71. The highest BCUT2D eigenvalue weighted by Crippen LogP contribution is 2.16. The van der Waals surface area contributed by atoms with Crippen molar-refractivity contribution in [2.45, 2.75) is 19.6 Å². The smallest absolute Gasteiger partial charge is 0.341 e. The van der Waals surface area contributed by atoms with Crippen LogP contribution in [0.15, 0.2) is 41.0 Å². The van der Waals surface area contributed by atoms with E-state index in [1.807, 2.05) is 0 Å². The zero-order chi connectivity index (χ0) is 16.1. The predicted molar refractivity (Wildman–Crippen MR) is 76.8 cm³/mol. The minimum absolute atomic E-state index is 0.165. The molecule has 0 spiro atoms. The van der Waals surface area contributed by atoms with E-state index in [-0.39, 0.29) is 17.1 Å². The fraction of sp³-hybridized carbons (Fsp3) is 0.200. The van der Waals surface area contributed by atoms with Gasteiger partial charge in [0.05, 0.1) is 18.4 Å². The number of benzene rings is 1. The van der Waals surface area contributed by atoms with Crippen molar-refractivity contribution in [3.8, 4) is 0 Å². The molecule has 0 unspecified atom stereocenters. The van der Waals surface area contributed by atoms with Gasteiger partial charge in [0, 0.05) is 5.02 Å². The summed E-state index contributed by atoms with van der Waals surface area (Å²) in [6.07, 6.45) is 0.409. The Hall–Kier alpha value is -2.34. The summed E-state index contributed by atoms with van der Waals surface area (Å²) in [7, 11) is 0. The number of hydrogen-bond donors (Lipinski definition) is 1. The minimum Gasteiger partial charge on any atom is -0.467 e. The van der Waals surface area contributed by atoms with Crippen LogP contribution in [0.3, 0.4) is 0 Å². The third kappa shape index (κ3) is 4.08. The number of carbonyl (C=O) groups excluding carboxylic acids is 2. The summed E-state index contributed by atoms with van der Waals surface area (Å²) >= 11 is 5.60. The third-order valence-corrected chi connectivity index (χ3v) is 3.06. The molecular formula is C15H13ClFNO4. The van der Waals surface area contributed by atoms with E-state index < -0.39 is 23.8 Å². The maximum absolute atomic E-state index is 13.6. The van der Waals surface area contributed by atoms with Gasteiger partial charge in [-0.3, -0.25) is 4.79 Å². The predicted octanol–water partition coefficient (Wildman–Crippen LogP) is 2.93. The summed E-state index contributed by atoms with van der Waals surface area (Å²) in [4.78, 5) is 23.6. The molecule has 1 aromatic carbocycles. The Morgan fingerprint density at radius 3 is 2.82 bits per heavy atom. The summed E-state index contributed by atoms with van der Waals surface area (Å²) in [5.74, 6) is -1.69. The van der Waals surface area contributed by atoms with Gasteiger partial charge in [0.15, 0.2) is 6.10 Å². The molecule has 0 aliphatic heterocycles. The van der Waals surface area contributed by atoms with Crippen LogP contribution < -0.4 is 5.32 Å². The van der Waals surface area contributed by atoms with Gasteiger partial charge in [0.2, 0.25) is 0 Å². The zero-order valence-corrected chi connectivity index (χ0v) is 12.4. The van der Waals surface area contributed by atoms with Crippen molar-refractivity contribution in [1.82, 2.24) is 5.32 Å². The molecule has 116 valence electrons. The fourth-order valence-electron chi connectivity index (χ4n) is 1.66. The van der Waals surface area contributed by atoms with E-state index in [1.165, 1.54) is 25.3 Å². The van der Waals surface area contributed by atoms with Crippen LogP contribution in [-0.4, -0.2) is 18.0 Å². The molecule has 5 nitrogen and oxygen atoms in total. The van der Waals surface area contributed by atoms with Crippen LogP contribution in [0.5, 0.6) is 0 Å². The van der Waals surface area contributed by atoms with E-state index in [2.05, 4.69) is 5.32 Å². The van der Waals surface area contributed by atoms with Crippen molar-refractivity contribution in [3.63, 3.8) is 0 Å². The average molecular weight is 326 g/mol. The second-order valence-electron chi connectivity index (χ2n) is 4.47. The molecule has 0 fully saturated rings. The van der Waals surface area contributed by atoms with Crippen LogP contribution in [0.4, 0.5) is 4.39 Å². The highest BCUT2D eigenvalue weighted by Gasteiger charge is 2.21. The molecule has 0 aliphatic carbocycles. The molecule has 1 atom stereocenters. The maximum atomic E-state index is 13.6. The first-order chi connectivity index (χ1) is 10.5. The second kappa shape index (κ2) is 7.09. The van der Waals surface area contributed by atoms with Gasteiger partial charge in [-0.15, -0.1) is 0 Å². The molecule has 0 radical (unpaired) electrons. The van der Waals surface area contributed by atoms with Gasteiger partial charge in [-0.25, -0.2) is 9.18 Å². The number of esters is 1. The van der Waals surface area contributed by atoms with Crippen LogP contribution in [0.1, 0.15) is 23.0 Å². The fourth-order valence-corrected chi connectivity index (χ4v) is 1.82. The molecular weight excluding hydrogens is 313 g/mol. The van der Waals surface area contributed by atoms with Crippen molar-refractivity contribution in [1.29, 1.82) is 0 Å². The molecule has 1 amide bonds. The topological polar surface area (TPSA) is 68.5 Å². The van der Waals surface area contributed by atoms with E-state index in [0.717, 1.165) is 6.07 Å². The molecule has 0 bridgehead atoms. The Labute approximate surface area is 131 Å². The van der Waals surface area contributed by atoms with E-state index in [0.29, 0.717) is 5.76 Å². The van der Waals surface area contributed by atoms with Crippen LogP contribution >= 0.6 is 11.6 Å². The van der Waals surface area contributed by atoms with E-state index in [9.17, 15) is 14.0 Å². The number of nitrogens with one attached hydrogen (secondary N) is 1. The Balaban J connectivity index is 1.91. The summed E-state index contributed by atoms with van der Waals surface area (Å²) in [6.45, 7) is 1.56. The Kier molecular flexibility index (Phi) is 5.16. The van der Waals surface area contributed by atoms with Crippen molar-refractivity contribution in [2.24, 2.45) is 0 Å². The number of furan rings is 1. The molecule has 0 saturated carbocycles. The van der Waals surface area contributed by atoms with Gasteiger partial charge in [-0.1, -0.05) is 11.6 Å². The molecule has 1 heterocycles. The summed E-state index contributed by atoms with van der Waals surface area (Å²) in [5.41, 5.74) is -0.282. The lowest BCUT2D eigenvalue weighted by atomic mass is 10.2. The highest BCUT2D eigenvalue weighted by molar-refractivity contribution is 6.30. The zero-order valence-electron chi connectivity index (χ0n) is 11.6. The molecule has 22 heavy (non-hydrogen) atoms. The van der Waals surface area contributed by atoms with Crippen molar-refractivity contribution < 1.29 is 23.1 Å². The first-order valence-corrected chi connectivity index (χ1v) is 6.81. The molecule has 1 N–H and O–H groups in total. The van der Waals surface area contributed by atoms with Crippen LogP contribution in [0.2, 0.25) is 5.02 Å². The lowest BCUT2D eigenvalue weighted by Crippen LogP contribution is -2.35. The molecule has 2 rings (SSSR count). The molecule has 7 heteroatoms. The van der Waals surface area contributed by atoms with E-state index in [1.54, 1.807) is 12.1 Å². The lowest BCUT2D eigenvalue weighted by Gasteiger charge is -2.13. The first kappa shape index (κ1) is 16.0. The highest BCUT2D eigenvalue weighted by atomic mass is 35.5. The normalized spacial score (nSPS) is 11.8. The molecule has 2 aromatic rings. The standard InChI is InChI=1S/C15H13ClFNO4/c1-9(14(19)18-8-11-3-2-6-21-11)22-15(20)12-5-4-10(16)7-13(12)17/h2-7,9H,8H2,1H3,(H,18,19)/t9-/m0/s1. The summed E-state index contributed by atoms with van der Waals surface area (Å²) in [6, 6.07) is 6.95. The van der Waals surface area contributed by atoms with Crippen molar-refractivity contribution in [2.75, 3.05) is 0 Å². The van der Waals surface area contributed by atoms with E-state index in [4.69, 9.17) is 20.8 Å². The van der Waals surface area contributed by atoms with Crippen LogP contribution in [0.25, 0.3) is 0 Å². The number of amides is 1. The number of halogens is 2. The Morgan fingerprint density at radius 1 is 1.41 bits per heavy atom. The number of carbonyl (C=O) groups is 2. The second-order valence-corrected chi connectivity index (χ2v) is 4.91. The van der Waals surface area contributed by atoms with Gasteiger partial charge in [0.1, 0.15) is 11.6 Å². The molecule has 1 aromatic heterocycles. The summed E-state index contributed by atoms with van der Waals surface area (Å²) < 4.78 is 23.6. The largest absolute Gasteiger partial charge is 0.467 e. The average Bonchev–Trinajstić information content (AvgIpc) is 2.97. The monoisotopic (exact) mass is 325 g/mol. The lowest BCUT2D eigenvalue weighted by molar-refractivity contribution is -0.129. The minimum atomic E-state index is -1.07. The SMILES string of the molecule is C[C@H](OC(=O)c1ccc(Cl)cc1F)C(=O)NCc1ccco1. The van der Waals surface area contributed by atoms with Crippen molar-refractivity contribution >= 4 is 23.5 Å². The maximum Gasteiger partial charge on any atom is 0.341 e. The van der Waals surface area contributed by atoms with Gasteiger partial charge in [-0.05, 0) is 37.3 Å². The first-order valence-electron chi connectivity index (χ1n) is 6.43. The van der Waals surface area contributed by atoms with Crippen LogP contribution in [0, 0.1) is 5.82 Å². The van der Waals surface area contributed by atoms with Crippen molar-refractivity contribution in [3.05, 3.63) is 58.8 Å². The number of ether oxygens (including phenoxy) is 1. The molecule has 0 aliphatic rings. The van der Waals surface area contributed by atoms with E-state index >= 15 is 0 Å². The Bertz CT molecular complexity index is 672. The third-order valence-electron chi connectivity index (χ3n) is 2.82. The van der Waals surface area contributed by atoms with Gasteiger partial charge in [0.25, 0.3) is 5.91 Å². The Morgan fingerprint density at radius 2 is 2.18 bits per heavy atom. The van der Waals surface area contributed by atoms with Gasteiger partial charge in [-0.2, -0.15) is 0 Å². The van der Waals surface area contributed by atoms with Crippen LogP contribution in [-0.2, 0) is 16.1 Å². The molecule has 0 saturated heterocycles. The number of rotatable bonds is 5. The number of hydrogen-bond acceptors (Lipinski definition) is 4.